The normalized spacial score (nSPS) is 10.8. The molecule has 174 valence electrons. The Balaban J connectivity index is 1.39. The van der Waals surface area contributed by atoms with Crippen LogP contribution in [-0.4, -0.2) is 27.1 Å². The van der Waals surface area contributed by atoms with Crippen LogP contribution >= 0.6 is 11.8 Å². The van der Waals surface area contributed by atoms with Gasteiger partial charge in [0.05, 0.1) is 12.3 Å². The zero-order valence-corrected chi connectivity index (χ0v) is 19.9. The van der Waals surface area contributed by atoms with E-state index in [1.54, 1.807) is 18.3 Å². The first kappa shape index (κ1) is 23.4. The highest BCUT2D eigenvalue weighted by atomic mass is 32.2. The molecular formula is C26H26N4O3S. The van der Waals surface area contributed by atoms with E-state index in [0.717, 1.165) is 29.1 Å². The maximum atomic E-state index is 12.6. The number of hydrogen-bond acceptors (Lipinski definition) is 5. The van der Waals surface area contributed by atoms with Gasteiger partial charge in [-0.25, -0.2) is 4.98 Å². The lowest BCUT2D eigenvalue weighted by Crippen LogP contribution is -2.22. The van der Waals surface area contributed by atoms with Crippen molar-refractivity contribution in [3.05, 3.63) is 95.7 Å². The molecule has 0 fully saturated rings. The Hall–Kier alpha value is -3.78. The molecule has 34 heavy (non-hydrogen) atoms. The molecule has 0 spiro atoms. The quantitative estimate of drug-likeness (QED) is 0.333. The number of para-hydroxylation sites is 1. The first-order chi connectivity index (χ1) is 16.5. The number of anilines is 1. The number of imidazole rings is 1. The molecule has 0 aliphatic heterocycles. The van der Waals surface area contributed by atoms with Crippen LogP contribution in [0.5, 0.6) is 0 Å². The van der Waals surface area contributed by atoms with Crippen molar-refractivity contribution in [2.75, 3.05) is 11.1 Å². The minimum absolute atomic E-state index is 0.0956. The average Bonchev–Trinajstić information content (AvgIpc) is 3.50. The van der Waals surface area contributed by atoms with Gasteiger partial charge in [-0.05, 0) is 55.3 Å². The number of amides is 2. The second-order valence-electron chi connectivity index (χ2n) is 7.67. The van der Waals surface area contributed by atoms with E-state index in [9.17, 15) is 9.59 Å². The van der Waals surface area contributed by atoms with E-state index in [2.05, 4.69) is 22.5 Å². The van der Waals surface area contributed by atoms with E-state index in [4.69, 9.17) is 4.42 Å². The minimum Gasteiger partial charge on any atom is -0.465 e. The van der Waals surface area contributed by atoms with Crippen LogP contribution in [0.3, 0.4) is 0 Å². The molecule has 0 atom stereocenters. The second-order valence-corrected chi connectivity index (χ2v) is 8.62. The van der Waals surface area contributed by atoms with E-state index in [0.29, 0.717) is 23.0 Å². The van der Waals surface area contributed by atoms with Crippen molar-refractivity contribution in [2.24, 2.45) is 0 Å². The number of nitrogens with zero attached hydrogens (tertiary/aromatic N) is 2. The topological polar surface area (TPSA) is 89.2 Å². The molecule has 0 radical (unpaired) electrons. The van der Waals surface area contributed by atoms with Crippen LogP contribution in [0.2, 0.25) is 0 Å². The Kier molecular flexibility index (Phi) is 7.49. The monoisotopic (exact) mass is 474 g/mol. The van der Waals surface area contributed by atoms with E-state index >= 15 is 0 Å². The Morgan fingerprint density at radius 1 is 1.09 bits per heavy atom. The standard InChI is InChI=1S/C26H26N4O3S/c1-3-19-7-4-5-10-23(19)29-24(31)17-34-26-27-13-14-30(26)21-9-6-8-20(15-21)25(32)28-16-22-12-11-18(2)33-22/h4-15H,3,16-17H2,1-2H3,(H,28,32)(H,29,31). The molecule has 4 rings (SSSR count). The summed E-state index contributed by atoms with van der Waals surface area (Å²) in [6.07, 6.45) is 4.34. The molecule has 0 unspecified atom stereocenters. The number of carbonyl (C=O) groups is 2. The highest BCUT2D eigenvalue weighted by Crippen LogP contribution is 2.22. The molecule has 0 aliphatic carbocycles. The molecule has 2 aromatic carbocycles. The van der Waals surface area contributed by atoms with Crippen molar-refractivity contribution in [3.63, 3.8) is 0 Å². The Morgan fingerprint density at radius 2 is 1.94 bits per heavy atom. The van der Waals surface area contributed by atoms with Gasteiger partial charge in [0.2, 0.25) is 5.91 Å². The number of hydrogen-bond donors (Lipinski definition) is 2. The lowest BCUT2D eigenvalue weighted by Gasteiger charge is -2.11. The lowest BCUT2D eigenvalue weighted by atomic mass is 10.1. The Labute approximate surface area is 202 Å². The SMILES string of the molecule is CCc1ccccc1NC(=O)CSc1nccn1-c1cccc(C(=O)NCc2ccc(C)o2)c1. The van der Waals surface area contributed by atoms with Crippen LogP contribution in [-0.2, 0) is 17.8 Å². The van der Waals surface area contributed by atoms with Crippen molar-refractivity contribution < 1.29 is 14.0 Å². The zero-order chi connectivity index (χ0) is 23.9. The number of aryl methyl sites for hydroxylation is 2. The van der Waals surface area contributed by atoms with Crippen molar-refractivity contribution in [3.8, 4) is 5.69 Å². The summed E-state index contributed by atoms with van der Waals surface area (Å²) in [6, 6.07) is 18.8. The summed E-state index contributed by atoms with van der Waals surface area (Å²) >= 11 is 1.34. The van der Waals surface area contributed by atoms with Crippen molar-refractivity contribution in [1.29, 1.82) is 0 Å². The number of benzene rings is 2. The maximum absolute atomic E-state index is 12.6. The molecule has 0 bridgehead atoms. The maximum Gasteiger partial charge on any atom is 0.251 e. The van der Waals surface area contributed by atoms with Gasteiger partial charge in [-0.1, -0.05) is 43.0 Å². The molecule has 4 aromatic rings. The van der Waals surface area contributed by atoms with Crippen LogP contribution in [0.4, 0.5) is 5.69 Å². The summed E-state index contributed by atoms with van der Waals surface area (Å²) < 4.78 is 7.37. The van der Waals surface area contributed by atoms with Crippen LogP contribution in [0.15, 0.2) is 82.6 Å². The van der Waals surface area contributed by atoms with Crippen LogP contribution in [0.1, 0.15) is 34.4 Å². The van der Waals surface area contributed by atoms with Gasteiger partial charge in [0.1, 0.15) is 11.5 Å². The third kappa shape index (κ3) is 5.77. The number of aromatic nitrogens is 2. The van der Waals surface area contributed by atoms with Gasteiger partial charge in [0.25, 0.3) is 5.91 Å². The molecule has 0 aliphatic rings. The third-order valence-electron chi connectivity index (χ3n) is 5.22. The van der Waals surface area contributed by atoms with E-state index < -0.39 is 0 Å². The molecule has 0 saturated carbocycles. The number of furan rings is 1. The number of nitrogens with one attached hydrogen (secondary N) is 2. The summed E-state index contributed by atoms with van der Waals surface area (Å²) in [4.78, 5) is 29.6. The van der Waals surface area contributed by atoms with Gasteiger partial charge in [0.15, 0.2) is 5.16 Å². The molecule has 0 saturated heterocycles. The van der Waals surface area contributed by atoms with Crippen molar-refractivity contribution in [1.82, 2.24) is 14.9 Å². The first-order valence-electron chi connectivity index (χ1n) is 11.0. The number of thioether (sulfide) groups is 1. The van der Waals surface area contributed by atoms with Gasteiger partial charge >= 0.3 is 0 Å². The molecule has 2 amide bonds. The zero-order valence-electron chi connectivity index (χ0n) is 19.1. The average molecular weight is 475 g/mol. The molecule has 2 N–H and O–H groups in total. The van der Waals surface area contributed by atoms with Gasteiger partial charge in [0, 0.05) is 29.3 Å². The van der Waals surface area contributed by atoms with E-state index in [1.807, 2.05) is 66.2 Å². The highest BCUT2D eigenvalue weighted by molar-refractivity contribution is 7.99. The predicted octanol–water partition coefficient (Wildman–Crippen LogP) is 5.00. The van der Waals surface area contributed by atoms with E-state index in [-0.39, 0.29) is 17.6 Å². The summed E-state index contributed by atoms with van der Waals surface area (Å²) in [5.41, 5.74) is 3.25. The number of carbonyl (C=O) groups excluding carboxylic acids is 2. The van der Waals surface area contributed by atoms with Crippen LogP contribution in [0, 0.1) is 6.92 Å². The van der Waals surface area contributed by atoms with Gasteiger partial charge < -0.3 is 15.1 Å². The smallest absolute Gasteiger partial charge is 0.251 e. The summed E-state index contributed by atoms with van der Waals surface area (Å²) in [5, 5.41) is 6.52. The fourth-order valence-electron chi connectivity index (χ4n) is 3.51. The largest absolute Gasteiger partial charge is 0.465 e. The minimum atomic E-state index is -0.195. The Morgan fingerprint density at radius 3 is 2.74 bits per heavy atom. The van der Waals surface area contributed by atoms with Crippen molar-refractivity contribution in [2.45, 2.75) is 32.0 Å². The molecule has 2 heterocycles. The fraction of sp³-hybridized carbons (Fsp3) is 0.192. The van der Waals surface area contributed by atoms with Gasteiger partial charge in [-0.2, -0.15) is 0 Å². The van der Waals surface area contributed by atoms with E-state index in [1.165, 1.54) is 11.8 Å². The second kappa shape index (κ2) is 10.9. The highest BCUT2D eigenvalue weighted by Gasteiger charge is 2.13. The number of rotatable bonds is 9. The summed E-state index contributed by atoms with van der Waals surface area (Å²) in [7, 11) is 0. The summed E-state index contributed by atoms with van der Waals surface area (Å²) in [6.45, 7) is 4.24. The fourth-order valence-corrected chi connectivity index (χ4v) is 4.28. The Bertz CT molecular complexity index is 1290. The predicted molar refractivity (Wildman–Crippen MR) is 133 cm³/mol. The molecular weight excluding hydrogens is 448 g/mol. The lowest BCUT2D eigenvalue weighted by molar-refractivity contribution is -0.113. The molecule has 7 nitrogen and oxygen atoms in total. The first-order valence-corrected chi connectivity index (χ1v) is 12.0. The van der Waals surface area contributed by atoms with Gasteiger partial charge in [-0.3, -0.25) is 14.2 Å². The van der Waals surface area contributed by atoms with Crippen LogP contribution in [0.25, 0.3) is 5.69 Å². The van der Waals surface area contributed by atoms with Crippen molar-refractivity contribution >= 4 is 29.3 Å². The molecule has 8 heteroatoms. The third-order valence-corrected chi connectivity index (χ3v) is 6.18. The van der Waals surface area contributed by atoms with Gasteiger partial charge in [-0.15, -0.1) is 0 Å². The van der Waals surface area contributed by atoms with Crippen LogP contribution < -0.4 is 10.6 Å². The summed E-state index contributed by atoms with van der Waals surface area (Å²) in [5.74, 6) is 1.44. The molecule has 2 aromatic heterocycles.